The van der Waals surface area contributed by atoms with E-state index in [1.165, 1.54) is 12.1 Å². The number of rotatable bonds is 6. The van der Waals surface area contributed by atoms with Crippen molar-refractivity contribution in [3.8, 4) is 12.3 Å². The van der Waals surface area contributed by atoms with Crippen LogP contribution in [-0.2, 0) is 6.18 Å². The van der Waals surface area contributed by atoms with E-state index in [-0.39, 0.29) is 6.04 Å². The van der Waals surface area contributed by atoms with Crippen molar-refractivity contribution < 1.29 is 13.2 Å². The van der Waals surface area contributed by atoms with Gasteiger partial charge in [-0.2, -0.15) is 13.2 Å². The Morgan fingerprint density at radius 1 is 1.32 bits per heavy atom. The second-order valence-electron chi connectivity index (χ2n) is 4.46. The maximum Gasteiger partial charge on any atom is 0.416 e. The molecule has 1 N–H and O–H groups in total. The molecule has 4 heteroatoms. The number of benzene rings is 1. The number of terminal acetylenes is 1. The lowest BCUT2D eigenvalue weighted by atomic mass is 10.0. The highest BCUT2D eigenvalue weighted by Gasteiger charge is 2.30. The van der Waals surface area contributed by atoms with Gasteiger partial charge in [-0.1, -0.05) is 12.1 Å². The van der Waals surface area contributed by atoms with Gasteiger partial charge in [0.05, 0.1) is 5.56 Å². The lowest BCUT2D eigenvalue weighted by molar-refractivity contribution is -0.137. The smallest absolute Gasteiger partial charge is 0.310 e. The largest absolute Gasteiger partial charge is 0.416 e. The van der Waals surface area contributed by atoms with Crippen molar-refractivity contribution >= 4 is 0 Å². The van der Waals surface area contributed by atoms with Crippen LogP contribution in [0.25, 0.3) is 0 Å². The van der Waals surface area contributed by atoms with Crippen LogP contribution in [0.1, 0.15) is 43.4 Å². The fourth-order valence-corrected chi connectivity index (χ4v) is 1.77. The fourth-order valence-electron chi connectivity index (χ4n) is 1.77. The molecule has 1 aromatic rings. The van der Waals surface area contributed by atoms with E-state index in [2.05, 4.69) is 11.2 Å². The van der Waals surface area contributed by atoms with Crippen LogP contribution in [0.15, 0.2) is 24.3 Å². The highest BCUT2D eigenvalue weighted by molar-refractivity contribution is 5.27. The standard InChI is InChI=1S/C15H18F3N/c1-3-4-5-6-10-19-12(2)13-8-7-9-14(11-13)15(16,17)18/h1,7-9,11-12,19H,4-6,10H2,2H3. The highest BCUT2D eigenvalue weighted by atomic mass is 19.4. The van der Waals surface area contributed by atoms with Crippen LogP contribution in [0.3, 0.4) is 0 Å². The van der Waals surface area contributed by atoms with E-state index in [1.807, 2.05) is 6.92 Å². The Labute approximate surface area is 112 Å². The second-order valence-corrected chi connectivity index (χ2v) is 4.46. The first-order chi connectivity index (χ1) is 8.95. The first-order valence-corrected chi connectivity index (χ1v) is 6.29. The molecule has 0 heterocycles. The van der Waals surface area contributed by atoms with Crippen LogP contribution in [0, 0.1) is 12.3 Å². The Hall–Kier alpha value is -1.47. The number of nitrogens with one attached hydrogen (secondary N) is 1. The first-order valence-electron chi connectivity index (χ1n) is 6.29. The summed E-state index contributed by atoms with van der Waals surface area (Å²) in [5, 5.41) is 3.20. The van der Waals surface area contributed by atoms with E-state index in [0.717, 1.165) is 31.9 Å². The monoisotopic (exact) mass is 269 g/mol. The molecule has 0 spiro atoms. The minimum atomic E-state index is -4.29. The Balaban J connectivity index is 2.53. The van der Waals surface area contributed by atoms with E-state index < -0.39 is 11.7 Å². The summed E-state index contributed by atoms with van der Waals surface area (Å²) >= 11 is 0. The van der Waals surface area contributed by atoms with Gasteiger partial charge in [0, 0.05) is 12.5 Å². The molecule has 0 saturated carbocycles. The molecule has 19 heavy (non-hydrogen) atoms. The van der Waals surface area contributed by atoms with E-state index in [9.17, 15) is 13.2 Å². The fraction of sp³-hybridized carbons (Fsp3) is 0.467. The molecule has 0 aliphatic rings. The third kappa shape index (κ3) is 5.35. The van der Waals surface area contributed by atoms with Crippen molar-refractivity contribution in [2.45, 2.75) is 38.4 Å². The number of hydrogen-bond donors (Lipinski definition) is 1. The molecule has 1 unspecified atom stereocenters. The van der Waals surface area contributed by atoms with Crippen molar-refractivity contribution in [1.82, 2.24) is 5.32 Å². The van der Waals surface area contributed by atoms with Gasteiger partial charge in [0.2, 0.25) is 0 Å². The van der Waals surface area contributed by atoms with Crippen molar-refractivity contribution in [1.29, 1.82) is 0 Å². The van der Waals surface area contributed by atoms with Gasteiger partial charge >= 0.3 is 6.18 Å². The predicted octanol–water partition coefficient (Wildman–Crippen LogP) is 4.16. The van der Waals surface area contributed by atoms with Gasteiger partial charge in [-0.25, -0.2) is 0 Å². The molecule has 0 aliphatic carbocycles. The van der Waals surface area contributed by atoms with Crippen LogP contribution in [0.2, 0.25) is 0 Å². The SMILES string of the molecule is C#CCCCCNC(C)c1cccc(C(F)(F)F)c1. The summed E-state index contributed by atoms with van der Waals surface area (Å²) < 4.78 is 37.8. The molecule has 1 nitrogen and oxygen atoms in total. The third-order valence-corrected chi connectivity index (χ3v) is 2.91. The molecular weight excluding hydrogens is 251 g/mol. The van der Waals surface area contributed by atoms with Gasteiger partial charge < -0.3 is 5.32 Å². The Morgan fingerprint density at radius 3 is 2.68 bits per heavy atom. The molecule has 0 aliphatic heterocycles. The summed E-state index contributed by atoms with van der Waals surface area (Å²) in [4.78, 5) is 0. The summed E-state index contributed by atoms with van der Waals surface area (Å²) in [6.07, 6.45) is 3.44. The second kappa shape index (κ2) is 7.20. The van der Waals surface area contributed by atoms with Crippen molar-refractivity contribution in [2.24, 2.45) is 0 Å². The maximum absolute atomic E-state index is 12.6. The van der Waals surface area contributed by atoms with Crippen LogP contribution < -0.4 is 5.32 Å². The molecule has 0 amide bonds. The molecule has 1 aromatic carbocycles. The molecule has 0 saturated heterocycles. The summed E-state index contributed by atoms with van der Waals surface area (Å²) in [6, 6.07) is 5.32. The molecular formula is C15H18F3N. The number of hydrogen-bond acceptors (Lipinski definition) is 1. The Bertz CT molecular complexity index is 432. The molecule has 0 fully saturated rings. The average Bonchev–Trinajstić information content (AvgIpc) is 2.37. The van der Waals surface area contributed by atoms with Gasteiger partial charge in [0.15, 0.2) is 0 Å². The zero-order valence-electron chi connectivity index (χ0n) is 10.9. The number of alkyl halides is 3. The molecule has 0 bridgehead atoms. The van der Waals surface area contributed by atoms with E-state index in [4.69, 9.17) is 6.42 Å². The summed E-state index contributed by atoms with van der Waals surface area (Å²) in [5.74, 6) is 2.56. The summed E-state index contributed by atoms with van der Waals surface area (Å²) in [6.45, 7) is 2.61. The molecule has 1 rings (SSSR count). The van der Waals surface area contributed by atoms with Crippen molar-refractivity contribution in [3.63, 3.8) is 0 Å². The minimum Gasteiger partial charge on any atom is -0.310 e. The van der Waals surface area contributed by atoms with Crippen LogP contribution in [0.4, 0.5) is 13.2 Å². The van der Waals surface area contributed by atoms with Gasteiger partial charge in [0.1, 0.15) is 0 Å². The number of unbranched alkanes of at least 4 members (excludes halogenated alkanes) is 2. The molecule has 0 aromatic heterocycles. The first kappa shape index (κ1) is 15.6. The third-order valence-electron chi connectivity index (χ3n) is 2.91. The van der Waals surface area contributed by atoms with Crippen LogP contribution in [0.5, 0.6) is 0 Å². The highest BCUT2D eigenvalue weighted by Crippen LogP contribution is 2.30. The zero-order chi connectivity index (χ0) is 14.3. The van der Waals surface area contributed by atoms with E-state index in [0.29, 0.717) is 5.56 Å². The van der Waals surface area contributed by atoms with Gasteiger partial charge in [0.25, 0.3) is 0 Å². The Morgan fingerprint density at radius 2 is 2.05 bits per heavy atom. The van der Waals surface area contributed by atoms with Gasteiger partial charge in [-0.15, -0.1) is 12.3 Å². The van der Waals surface area contributed by atoms with Crippen LogP contribution >= 0.6 is 0 Å². The molecule has 0 radical (unpaired) electrons. The number of halogens is 3. The van der Waals surface area contributed by atoms with Crippen LogP contribution in [-0.4, -0.2) is 6.54 Å². The Kier molecular flexibility index (Phi) is 5.91. The lowest BCUT2D eigenvalue weighted by Crippen LogP contribution is -2.20. The zero-order valence-corrected chi connectivity index (χ0v) is 10.9. The molecule has 1 atom stereocenters. The maximum atomic E-state index is 12.6. The summed E-state index contributed by atoms with van der Waals surface area (Å²) in [7, 11) is 0. The van der Waals surface area contributed by atoms with Gasteiger partial charge in [-0.3, -0.25) is 0 Å². The normalized spacial score (nSPS) is 13.0. The van der Waals surface area contributed by atoms with Crippen molar-refractivity contribution in [2.75, 3.05) is 6.54 Å². The average molecular weight is 269 g/mol. The van der Waals surface area contributed by atoms with E-state index >= 15 is 0 Å². The quantitative estimate of drug-likeness (QED) is 0.604. The van der Waals surface area contributed by atoms with E-state index in [1.54, 1.807) is 6.07 Å². The minimum absolute atomic E-state index is 0.104. The summed E-state index contributed by atoms with van der Waals surface area (Å²) in [5.41, 5.74) is 0.0396. The van der Waals surface area contributed by atoms with Gasteiger partial charge in [-0.05, 0) is 44.0 Å². The molecule has 104 valence electrons. The predicted molar refractivity (Wildman–Crippen MR) is 70.5 cm³/mol. The lowest BCUT2D eigenvalue weighted by Gasteiger charge is -2.16. The topological polar surface area (TPSA) is 12.0 Å². The van der Waals surface area contributed by atoms with Crippen molar-refractivity contribution in [3.05, 3.63) is 35.4 Å².